The van der Waals surface area contributed by atoms with Crippen LogP contribution in [-0.2, 0) is 0 Å². The van der Waals surface area contributed by atoms with Gasteiger partial charge in [-0.25, -0.2) is 0 Å². The molecule has 0 bridgehead atoms. The second kappa shape index (κ2) is 5.69. The molecule has 5 heteroatoms. The highest BCUT2D eigenvalue weighted by atomic mass is 35.5. The van der Waals surface area contributed by atoms with Gasteiger partial charge in [0.2, 0.25) is 6.79 Å². The van der Waals surface area contributed by atoms with Gasteiger partial charge >= 0.3 is 0 Å². The Morgan fingerprint density at radius 3 is 2.52 bits per heavy atom. The summed E-state index contributed by atoms with van der Waals surface area (Å²) < 4.78 is 10.6. The van der Waals surface area contributed by atoms with Crippen molar-refractivity contribution in [2.24, 2.45) is 0 Å². The van der Waals surface area contributed by atoms with Gasteiger partial charge < -0.3 is 9.47 Å². The van der Waals surface area contributed by atoms with Crippen LogP contribution in [0.2, 0.25) is 10.0 Å². The molecule has 104 valence electrons. The van der Waals surface area contributed by atoms with Crippen LogP contribution in [0.25, 0.3) is 11.6 Å². The fourth-order valence-electron chi connectivity index (χ4n) is 2.05. The second-order valence-corrected chi connectivity index (χ2v) is 5.19. The van der Waals surface area contributed by atoms with E-state index in [4.69, 9.17) is 32.7 Å². The Labute approximate surface area is 131 Å². The Bertz CT molecular complexity index is 778. The van der Waals surface area contributed by atoms with E-state index in [1.807, 2.05) is 12.1 Å². The van der Waals surface area contributed by atoms with Gasteiger partial charge in [0.05, 0.1) is 16.7 Å². The SMILES string of the molecule is N#CC(=Cc1cc2c(cc1Cl)OCO2)c1ccccc1Cl. The van der Waals surface area contributed by atoms with Crippen molar-refractivity contribution in [2.75, 3.05) is 6.79 Å². The van der Waals surface area contributed by atoms with Crippen LogP contribution >= 0.6 is 23.2 Å². The van der Waals surface area contributed by atoms with E-state index in [2.05, 4.69) is 6.07 Å². The first-order chi connectivity index (χ1) is 10.2. The third-order valence-electron chi connectivity index (χ3n) is 3.08. The van der Waals surface area contributed by atoms with Crippen LogP contribution in [0, 0.1) is 11.3 Å². The monoisotopic (exact) mass is 317 g/mol. The van der Waals surface area contributed by atoms with Crippen LogP contribution < -0.4 is 9.47 Å². The molecule has 1 aliphatic rings. The third kappa shape index (κ3) is 2.69. The first kappa shape index (κ1) is 13.8. The average molecular weight is 318 g/mol. The Morgan fingerprint density at radius 1 is 1.10 bits per heavy atom. The largest absolute Gasteiger partial charge is 0.454 e. The van der Waals surface area contributed by atoms with Gasteiger partial charge in [-0.15, -0.1) is 0 Å². The van der Waals surface area contributed by atoms with E-state index in [9.17, 15) is 5.26 Å². The fourth-order valence-corrected chi connectivity index (χ4v) is 2.49. The van der Waals surface area contributed by atoms with E-state index < -0.39 is 0 Å². The Balaban J connectivity index is 2.08. The van der Waals surface area contributed by atoms with Crippen molar-refractivity contribution in [2.45, 2.75) is 0 Å². The standard InChI is InChI=1S/C16H9Cl2NO2/c17-13-4-2-1-3-12(13)11(8-19)5-10-6-15-16(7-14(10)18)21-9-20-15/h1-7H,9H2. The van der Waals surface area contributed by atoms with Gasteiger partial charge in [0.15, 0.2) is 11.5 Å². The summed E-state index contributed by atoms with van der Waals surface area (Å²) in [7, 11) is 0. The van der Waals surface area contributed by atoms with Crippen LogP contribution in [0.3, 0.4) is 0 Å². The molecule has 1 heterocycles. The number of hydrogen-bond acceptors (Lipinski definition) is 3. The van der Waals surface area contributed by atoms with Gasteiger partial charge in [0, 0.05) is 16.7 Å². The maximum absolute atomic E-state index is 9.37. The predicted octanol–water partition coefficient (Wildman–Crippen LogP) is 4.79. The first-order valence-electron chi connectivity index (χ1n) is 6.15. The maximum atomic E-state index is 9.37. The van der Waals surface area contributed by atoms with Crippen molar-refractivity contribution < 1.29 is 9.47 Å². The third-order valence-corrected chi connectivity index (χ3v) is 3.73. The molecule has 21 heavy (non-hydrogen) atoms. The molecule has 0 atom stereocenters. The van der Waals surface area contributed by atoms with Crippen LogP contribution in [0.4, 0.5) is 0 Å². The molecular formula is C16H9Cl2NO2. The van der Waals surface area contributed by atoms with Gasteiger partial charge in [-0.1, -0.05) is 41.4 Å². The van der Waals surface area contributed by atoms with E-state index >= 15 is 0 Å². The molecule has 0 radical (unpaired) electrons. The number of hydrogen-bond donors (Lipinski definition) is 0. The van der Waals surface area contributed by atoms with Gasteiger partial charge in [-0.3, -0.25) is 0 Å². The van der Waals surface area contributed by atoms with Crippen molar-refractivity contribution >= 4 is 34.9 Å². The summed E-state index contributed by atoms with van der Waals surface area (Å²) in [6.45, 7) is 0.175. The number of ether oxygens (including phenoxy) is 2. The van der Waals surface area contributed by atoms with Gasteiger partial charge in [-0.2, -0.15) is 5.26 Å². The topological polar surface area (TPSA) is 42.2 Å². The van der Waals surface area contributed by atoms with E-state index in [1.165, 1.54) is 0 Å². The number of nitriles is 1. The molecule has 0 amide bonds. The second-order valence-electron chi connectivity index (χ2n) is 4.38. The van der Waals surface area contributed by atoms with Gasteiger partial charge in [0.25, 0.3) is 0 Å². The van der Waals surface area contributed by atoms with E-state index in [0.717, 1.165) is 0 Å². The molecule has 0 aromatic heterocycles. The summed E-state index contributed by atoms with van der Waals surface area (Å²) in [4.78, 5) is 0. The minimum atomic E-state index is 0.175. The Kier molecular flexibility index (Phi) is 3.74. The van der Waals surface area contributed by atoms with Crippen LogP contribution in [0.15, 0.2) is 36.4 Å². The molecule has 1 aliphatic heterocycles. The molecule has 0 aliphatic carbocycles. The van der Waals surface area contributed by atoms with Gasteiger partial charge in [-0.05, 0) is 23.8 Å². The van der Waals surface area contributed by atoms with Gasteiger partial charge in [0.1, 0.15) is 0 Å². The summed E-state index contributed by atoms with van der Waals surface area (Å²) in [5.74, 6) is 1.22. The molecule has 0 N–H and O–H groups in total. The normalized spacial score (nSPS) is 13.1. The number of benzene rings is 2. The van der Waals surface area contributed by atoms with E-state index in [0.29, 0.717) is 38.2 Å². The number of halogens is 2. The molecule has 3 nitrogen and oxygen atoms in total. The zero-order valence-corrected chi connectivity index (χ0v) is 12.3. The first-order valence-corrected chi connectivity index (χ1v) is 6.90. The fraction of sp³-hybridized carbons (Fsp3) is 0.0625. The van der Waals surface area contributed by atoms with Crippen molar-refractivity contribution in [1.82, 2.24) is 0 Å². The van der Waals surface area contributed by atoms with Crippen LogP contribution in [0.5, 0.6) is 11.5 Å². The number of allylic oxidation sites excluding steroid dienone is 1. The molecule has 2 aromatic rings. The van der Waals surface area contributed by atoms with E-state index in [1.54, 1.807) is 30.3 Å². The quantitative estimate of drug-likeness (QED) is 0.591. The molecule has 0 fully saturated rings. The summed E-state index contributed by atoms with van der Waals surface area (Å²) in [5, 5.41) is 10.4. The molecular weight excluding hydrogens is 309 g/mol. The van der Waals surface area contributed by atoms with Crippen molar-refractivity contribution in [3.05, 3.63) is 57.6 Å². The lowest BCUT2D eigenvalue weighted by Crippen LogP contribution is -1.92. The minimum absolute atomic E-state index is 0.175. The highest BCUT2D eigenvalue weighted by Gasteiger charge is 2.16. The summed E-state index contributed by atoms with van der Waals surface area (Å²) >= 11 is 12.3. The van der Waals surface area contributed by atoms with Crippen molar-refractivity contribution in [3.8, 4) is 17.6 Å². The zero-order valence-electron chi connectivity index (χ0n) is 10.8. The van der Waals surface area contributed by atoms with Crippen LogP contribution in [0.1, 0.15) is 11.1 Å². The van der Waals surface area contributed by atoms with E-state index in [-0.39, 0.29) is 6.79 Å². The summed E-state index contributed by atoms with van der Waals surface area (Å²) in [6.07, 6.45) is 1.69. The number of fused-ring (bicyclic) bond motifs is 1. The highest BCUT2D eigenvalue weighted by molar-refractivity contribution is 6.33. The van der Waals surface area contributed by atoms with Crippen molar-refractivity contribution in [3.63, 3.8) is 0 Å². The van der Waals surface area contributed by atoms with Crippen LogP contribution in [-0.4, -0.2) is 6.79 Å². The molecule has 0 saturated heterocycles. The predicted molar refractivity (Wildman–Crippen MR) is 82.5 cm³/mol. The lowest BCUT2D eigenvalue weighted by molar-refractivity contribution is 0.174. The zero-order chi connectivity index (χ0) is 14.8. The maximum Gasteiger partial charge on any atom is 0.231 e. The highest BCUT2D eigenvalue weighted by Crippen LogP contribution is 2.38. The average Bonchev–Trinajstić information content (AvgIpc) is 2.92. The molecule has 0 unspecified atom stereocenters. The molecule has 0 saturated carbocycles. The molecule has 2 aromatic carbocycles. The lowest BCUT2D eigenvalue weighted by Gasteiger charge is -2.05. The number of nitrogens with zero attached hydrogens (tertiary/aromatic N) is 1. The van der Waals surface area contributed by atoms with Crippen molar-refractivity contribution in [1.29, 1.82) is 5.26 Å². The number of rotatable bonds is 2. The Morgan fingerprint density at radius 2 is 1.81 bits per heavy atom. The lowest BCUT2D eigenvalue weighted by atomic mass is 10.0. The summed E-state index contributed by atoms with van der Waals surface area (Å²) in [5.41, 5.74) is 1.77. The summed E-state index contributed by atoms with van der Waals surface area (Å²) in [6, 6.07) is 12.7. The molecule has 0 spiro atoms. The smallest absolute Gasteiger partial charge is 0.231 e. The Hall–Kier alpha value is -2.15. The minimum Gasteiger partial charge on any atom is -0.454 e. The molecule has 3 rings (SSSR count).